The quantitative estimate of drug-likeness (QED) is 0.562. The van der Waals surface area contributed by atoms with Gasteiger partial charge in [0, 0.05) is 11.3 Å². The second-order valence-corrected chi connectivity index (χ2v) is 6.08. The first kappa shape index (κ1) is 19.7. The molecule has 0 fully saturated rings. The Morgan fingerprint density at radius 2 is 1.86 bits per heavy atom. The predicted molar refractivity (Wildman–Crippen MR) is 105 cm³/mol. The first-order chi connectivity index (χ1) is 14.0. The molecule has 0 unspecified atom stereocenters. The van der Waals surface area contributed by atoms with Crippen molar-refractivity contribution in [3.05, 3.63) is 66.7 Å². The molecule has 0 saturated heterocycles. The number of amides is 2. The number of hydrogen-bond donors (Lipinski definition) is 2. The summed E-state index contributed by atoms with van der Waals surface area (Å²) in [6, 6.07) is 13.6. The van der Waals surface area contributed by atoms with E-state index in [0.29, 0.717) is 17.0 Å². The number of nitrogens with zero attached hydrogens (tertiary/aromatic N) is 3. The minimum Gasteiger partial charge on any atom is -0.484 e. The van der Waals surface area contributed by atoms with Crippen molar-refractivity contribution in [2.24, 2.45) is 0 Å². The van der Waals surface area contributed by atoms with Crippen LogP contribution in [0.3, 0.4) is 0 Å². The summed E-state index contributed by atoms with van der Waals surface area (Å²) < 4.78 is 6.94. The van der Waals surface area contributed by atoms with Crippen LogP contribution in [-0.2, 0) is 9.59 Å². The van der Waals surface area contributed by atoms with Crippen LogP contribution in [0.5, 0.6) is 5.75 Å². The number of anilines is 1. The summed E-state index contributed by atoms with van der Waals surface area (Å²) in [5.74, 6) is -0.504. The zero-order valence-electron chi connectivity index (χ0n) is 15.7. The van der Waals surface area contributed by atoms with E-state index in [1.165, 1.54) is 13.3 Å². The van der Waals surface area contributed by atoms with Crippen LogP contribution in [0.25, 0.3) is 5.69 Å². The van der Waals surface area contributed by atoms with Gasteiger partial charge in [0.25, 0.3) is 5.91 Å². The van der Waals surface area contributed by atoms with E-state index in [1.807, 2.05) is 0 Å². The highest BCUT2D eigenvalue weighted by molar-refractivity contribution is 5.95. The van der Waals surface area contributed by atoms with Crippen molar-refractivity contribution in [1.82, 2.24) is 20.1 Å². The number of carbonyl (C=O) groups excluding carboxylic acids is 3. The lowest BCUT2D eigenvalue weighted by Gasteiger charge is -2.09. The number of ether oxygens (including phenoxy) is 1. The van der Waals surface area contributed by atoms with Gasteiger partial charge in [-0.05, 0) is 43.3 Å². The fourth-order valence-electron chi connectivity index (χ4n) is 2.43. The standard InChI is InChI=1S/C20H19N5O4/c1-14(26)15-3-2-4-18(9-15)29-11-20(28)22-10-19(27)24-16-5-7-17(8-6-16)25-13-21-12-23-25/h2-9,12-13H,10-11H2,1H3,(H,22,28)(H,24,27). The molecule has 2 amide bonds. The number of rotatable bonds is 8. The summed E-state index contributed by atoms with van der Waals surface area (Å²) in [6.07, 6.45) is 3.00. The predicted octanol–water partition coefficient (Wildman–Crippen LogP) is 1.60. The molecule has 0 aliphatic rings. The van der Waals surface area contributed by atoms with E-state index in [2.05, 4.69) is 20.7 Å². The van der Waals surface area contributed by atoms with E-state index in [4.69, 9.17) is 4.74 Å². The first-order valence-electron chi connectivity index (χ1n) is 8.76. The third-order valence-corrected chi connectivity index (χ3v) is 3.89. The minimum atomic E-state index is -0.449. The van der Waals surface area contributed by atoms with Crippen LogP contribution in [0.4, 0.5) is 5.69 Å². The molecular formula is C20H19N5O4. The molecule has 2 N–H and O–H groups in total. The molecule has 3 aromatic rings. The molecule has 9 nitrogen and oxygen atoms in total. The van der Waals surface area contributed by atoms with Crippen LogP contribution in [0.2, 0.25) is 0 Å². The van der Waals surface area contributed by atoms with Gasteiger partial charge in [0.05, 0.1) is 12.2 Å². The molecule has 0 spiro atoms. The molecule has 0 bridgehead atoms. The SMILES string of the molecule is CC(=O)c1cccc(OCC(=O)NCC(=O)Nc2ccc(-n3cncn3)cc2)c1. The van der Waals surface area contributed by atoms with Crippen molar-refractivity contribution in [3.63, 3.8) is 0 Å². The monoisotopic (exact) mass is 393 g/mol. The number of Topliss-reactive ketones (excluding diaryl/α,β-unsaturated/α-hetero) is 1. The molecule has 1 heterocycles. The summed E-state index contributed by atoms with van der Waals surface area (Å²) >= 11 is 0. The Balaban J connectivity index is 1.42. The Morgan fingerprint density at radius 1 is 1.07 bits per heavy atom. The molecule has 1 aromatic heterocycles. The Kier molecular flexibility index (Phi) is 6.31. The van der Waals surface area contributed by atoms with Gasteiger partial charge in [0.15, 0.2) is 12.4 Å². The van der Waals surface area contributed by atoms with E-state index in [9.17, 15) is 14.4 Å². The molecule has 2 aromatic carbocycles. The lowest BCUT2D eigenvalue weighted by molar-refractivity contribution is -0.125. The molecule has 0 aliphatic heterocycles. The number of nitrogens with one attached hydrogen (secondary N) is 2. The van der Waals surface area contributed by atoms with Crippen molar-refractivity contribution in [1.29, 1.82) is 0 Å². The van der Waals surface area contributed by atoms with Gasteiger partial charge in [-0.2, -0.15) is 5.10 Å². The average Bonchev–Trinajstić information content (AvgIpc) is 3.26. The van der Waals surface area contributed by atoms with Gasteiger partial charge >= 0.3 is 0 Å². The molecule has 3 rings (SSSR count). The van der Waals surface area contributed by atoms with Crippen molar-refractivity contribution < 1.29 is 19.1 Å². The van der Waals surface area contributed by atoms with Gasteiger partial charge in [-0.15, -0.1) is 0 Å². The fourth-order valence-corrected chi connectivity index (χ4v) is 2.43. The van der Waals surface area contributed by atoms with Gasteiger partial charge in [0.1, 0.15) is 18.4 Å². The fraction of sp³-hybridized carbons (Fsp3) is 0.150. The molecule has 29 heavy (non-hydrogen) atoms. The largest absolute Gasteiger partial charge is 0.484 e. The zero-order chi connectivity index (χ0) is 20.6. The molecule has 0 aliphatic carbocycles. The van der Waals surface area contributed by atoms with Gasteiger partial charge in [0.2, 0.25) is 5.91 Å². The summed E-state index contributed by atoms with van der Waals surface area (Å²) in [5, 5.41) is 9.19. The van der Waals surface area contributed by atoms with Crippen molar-refractivity contribution in [2.75, 3.05) is 18.5 Å². The van der Waals surface area contributed by atoms with Gasteiger partial charge in [-0.3, -0.25) is 14.4 Å². The smallest absolute Gasteiger partial charge is 0.258 e. The van der Waals surface area contributed by atoms with Gasteiger partial charge in [-0.1, -0.05) is 12.1 Å². The van der Waals surface area contributed by atoms with E-state index >= 15 is 0 Å². The van der Waals surface area contributed by atoms with Gasteiger partial charge < -0.3 is 15.4 Å². The second-order valence-electron chi connectivity index (χ2n) is 6.08. The topological polar surface area (TPSA) is 115 Å². The van der Waals surface area contributed by atoms with E-state index in [1.54, 1.807) is 59.5 Å². The van der Waals surface area contributed by atoms with Crippen LogP contribution in [0, 0.1) is 0 Å². The maximum absolute atomic E-state index is 12.0. The van der Waals surface area contributed by atoms with E-state index in [-0.39, 0.29) is 24.8 Å². The van der Waals surface area contributed by atoms with Crippen LogP contribution in [0.15, 0.2) is 61.2 Å². The van der Waals surface area contributed by atoms with Crippen LogP contribution >= 0.6 is 0 Å². The second kappa shape index (κ2) is 9.27. The zero-order valence-corrected chi connectivity index (χ0v) is 15.7. The molecule has 0 radical (unpaired) electrons. The van der Waals surface area contributed by atoms with Gasteiger partial charge in [-0.25, -0.2) is 9.67 Å². The normalized spacial score (nSPS) is 10.2. The Bertz CT molecular complexity index is 1000. The van der Waals surface area contributed by atoms with Crippen LogP contribution < -0.4 is 15.4 Å². The van der Waals surface area contributed by atoms with E-state index in [0.717, 1.165) is 5.69 Å². The maximum Gasteiger partial charge on any atom is 0.258 e. The number of benzene rings is 2. The lowest BCUT2D eigenvalue weighted by Crippen LogP contribution is -2.35. The Hall–Kier alpha value is -4.01. The average molecular weight is 393 g/mol. The highest BCUT2D eigenvalue weighted by Crippen LogP contribution is 2.14. The van der Waals surface area contributed by atoms with E-state index < -0.39 is 5.91 Å². The highest BCUT2D eigenvalue weighted by atomic mass is 16.5. The summed E-state index contributed by atoms with van der Waals surface area (Å²) in [6.45, 7) is 0.994. The number of hydrogen-bond acceptors (Lipinski definition) is 6. The molecule has 9 heteroatoms. The van der Waals surface area contributed by atoms with Crippen LogP contribution in [0.1, 0.15) is 17.3 Å². The summed E-state index contributed by atoms with van der Waals surface area (Å²) in [5.41, 5.74) is 1.89. The summed E-state index contributed by atoms with van der Waals surface area (Å²) in [4.78, 5) is 39.1. The summed E-state index contributed by atoms with van der Waals surface area (Å²) in [7, 11) is 0. The molecule has 0 atom stereocenters. The lowest BCUT2D eigenvalue weighted by atomic mass is 10.1. The van der Waals surface area contributed by atoms with Crippen molar-refractivity contribution in [3.8, 4) is 11.4 Å². The maximum atomic E-state index is 12.0. The molecular weight excluding hydrogens is 374 g/mol. The van der Waals surface area contributed by atoms with Crippen molar-refractivity contribution >= 4 is 23.3 Å². The third kappa shape index (κ3) is 5.73. The number of carbonyl (C=O) groups is 3. The number of aromatic nitrogens is 3. The van der Waals surface area contributed by atoms with Crippen LogP contribution in [-0.4, -0.2) is 45.5 Å². The Labute approximate surface area is 166 Å². The molecule has 0 saturated carbocycles. The first-order valence-corrected chi connectivity index (χ1v) is 8.76. The Morgan fingerprint density at radius 3 is 2.55 bits per heavy atom. The highest BCUT2D eigenvalue weighted by Gasteiger charge is 2.08. The van der Waals surface area contributed by atoms with Crippen molar-refractivity contribution in [2.45, 2.75) is 6.92 Å². The molecule has 148 valence electrons. The third-order valence-electron chi connectivity index (χ3n) is 3.89. The number of ketones is 1. The minimum absolute atomic E-state index is 0.0918.